The van der Waals surface area contributed by atoms with E-state index in [0.29, 0.717) is 19.6 Å². The Kier molecular flexibility index (Phi) is 6.35. The van der Waals surface area contributed by atoms with Gasteiger partial charge in [0, 0.05) is 30.6 Å². The maximum absolute atomic E-state index is 12.8. The summed E-state index contributed by atoms with van der Waals surface area (Å²) in [6.07, 6.45) is 1.62. The summed E-state index contributed by atoms with van der Waals surface area (Å²) >= 11 is 0. The first-order valence-corrected chi connectivity index (χ1v) is 9.60. The number of carbonyl (C=O) groups is 1. The monoisotopic (exact) mass is 362 g/mol. The molecule has 0 radical (unpaired) electrons. The van der Waals surface area contributed by atoms with Gasteiger partial charge >= 0.3 is 0 Å². The van der Waals surface area contributed by atoms with E-state index in [1.807, 2.05) is 52.8 Å². The minimum absolute atomic E-state index is 0.0203. The summed E-state index contributed by atoms with van der Waals surface area (Å²) in [5.41, 5.74) is 7.25. The molecule has 5 heteroatoms. The highest BCUT2D eigenvalue weighted by Gasteiger charge is 2.62. The third-order valence-electron chi connectivity index (χ3n) is 5.80. The lowest BCUT2D eigenvalue weighted by molar-refractivity contribution is -0.170. The fourth-order valence-corrected chi connectivity index (χ4v) is 3.37. The summed E-state index contributed by atoms with van der Waals surface area (Å²) in [6, 6.07) is 6.05. The van der Waals surface area contributed by atoms with Gasteiger partial charge in [-0.3, -0.25) is 4.79 Å². The third-order valence-corrected chi connectivity index (χ3v) is 5.80. The van der Waals surface area contributed by atoms with Gasteiger partial charge < -0.3 is 20.5 Å². The molecule has 1 saturated carbocycles. The zero-order chi connectivity index (χ0) is 19.5. The molecule has 1 aromatic rings. The normalized spacial score (nSPS) is 25.3. The summed E-state index contributed by atoms with van der Waals surface area (Å²) in [6.45, 7) is 13.2. The van der Waals surface area contributed by atoms with Gasteiger partial charge in [0.25, 0.3) is 0 Å². The van der Waals surface area contributed by atoms with E-state index in [9.17, 15) is 4.79 Å². The zero-order valence-corrected chi connectivity index (χ0v) is 17.0. The first kappa shape index (κ1) is 20.7. The molecule has 0 aromatic heterocycles. The SMILES string of the molecule is CCOC1CC(N)(C(=O)NCc2ccc(C)cc2OC(C)CC)C1(C)C. The van der Waals surface area contributed by atoms with Crippen molar-refractivity contribution in [3.8, 4) is 5.75 Å². The van der Waals surface area contributed by atoms with Gasteiger partial charge in [-0.2, -0.15) is 0 Å². The van der Waals surface area contributed by atoms with Crippen molar-refractivity contribution in [2.45, 2.75) is 78.7 Å². The van der Waals surface area contributed by atoms with Crippen molar-refractivity contribution in [1.29, 1.82) is 0 Å². The number of nitrogens with one attached hydrogen (secondary N) is 1. The van der Waals surface area contributed by atoms with Crippen LogP contribution in [0.2, 0.25) is 0 Å². The van der Waals surface area contributed by atoms with E-state index in [4.69, 9.17) is 15.2 Å². The molecule has 3 N–H and O–H groups in total. The first-order valence-electron chi connectivity index (χ1n) is 9.60. The molecule has 1 fully saturated rings. The Bertz CT molecular complexity index is 644. The Balaban J connectivity index is 2.06. The van der Waals surface area contributed by atoms with Gasteiger partial charge in [0.1, 0.15) is 11.3 Å². The maximum atomic E-state index is 12.8. The Morgan fingerprint density at radius 1 is 1.38 bits per heavy atom. The molecule has 5 nitrogen and oxygen atoms in total. The zero-order valence-electron chi connectivity index (χ0n) is 17.0. The number of rotatable bonds is 8. The van der Waals surface area contributed by atoms with E-state index in [0.717, 1.165) is 23.3 Å². The third kappa shape index (κ3) is 3.89. The fourth-order valence-electron chi connectivity index (χ4n) is 3.37. The molecule has 2 rings (SSSR count). The molecule has 0 bridgehead atoms. The Labute approximate surface area is 157 Å². The van der Waals surface area contributed by atoms with E-state index < -0.39 is 11.0 Å². The highest BCUT2D eigenvalue weighted by Crippen LogP contribution is 2.49. The highest BCUT2D eigenvalue weighted by molar-refractivity contribution is 5.88. The first-order chi connectivity index (χ1) is 12.2. The van der Waals surface area contributed by atoms with Gasteiger partial charge in [0.05, 0.1) is 12.2 Å². The molecule has 0 heterocycles. The number of benzene rings is 1. The summed E-state index contributed by atoms with van der Waals surface area (Å²) in [5.74, 6) is 0.694. The highest BCUT2D eigenvalue weighted by atomic mass is 16.5. The van der Waals surface area contributed by atoms with E-state index in [1.54, 1.807) is 0 Å². The second-order valence-electron chi connectivity index (χ2n) is 7.97. The van der Waals surface area contributed by atoms with Crippen LogP contribution in [0.1, 0.15) is 58.6 Å². The van der Waals surface area contributed by atoms with Crippen LogP contribution >= 0.6 is 0 Å². The quantitative estimate of drug-likeness (QED) is 0.744. The Hall–Kier alpha value is -1.59. The number of amides is 1. The Morgan fingerprint density at radius 3 is 2.65 bits per heavy atom. The molecular formula is C21H34N2O3. The second-order valence-corrected chi connectivity index (χ2v) is 7.97. The summed E-state index contributed by atoms with van der Waals surface area (Å²) in [4.78, 5) is 12.8. The van der Waals surface area contributed by atoms with Crippen LogP contribution in [0.3, 0.4) is 0 Å². The van der Waals surface area contributed by atoms with Gasteiger partial charge in [0.15, 0.2) is 0 Å². The molecule has 0 saturated heterocycles. The number of hydrogen-bond acceptors (Lipinski definition) is 4. The molecule has 146 valence electrons. The van der Waals surface area contributed by atoms with Crippen LogP contribution in [-0.4, -0.2) is 30.3 Å². The van der Waals surface area contributed by atoms with E-state index in [2.05, 4.69) is 12.2 Å². The van der Waals surface area contributed by atoms with Crippen LogP contribution < -0.4 is 15.8 Å². The lowest BCUT2D eigenvalue weighted by Gasteiger charge is -2.57. The van der Waals surface area contributed by atoms with Crippen molar-refractivity contribution in [3.63, 3.8) is 0 Å². The topological polar surface area (TPSA) is 73.6 Å². The molecule has 1 aromatic carbocycles. The lowest BCUT2D eigenvalue weighted by Crippen LogP contribution is -2.75. The van der Waals surface area contributed by atoms with Crippen LogP contribution in [0.4, 0.5) is 0 Å². The van der Waals surface area contributed by atoms with Crippen LogP contribution in [0.25, 0.3) is 0 Å². The standard InChI is InChI=1S/C21H34N2O3/c1-7-15(4)26-17-11-14(3)9-10-16(17)13-23-19(24)21(22)12-18(25-8-2)20(21,5)6/h9-11,15,18H,7-8,12-13,22H2,1-6H3,(H,23,24). The number of carbonyl (C=O) groups excluding carboxylic acids is 1. The van der Waals surface area contributed by atoms with Crippen LogP contribution in [0, 0.1) is 12.3 Å². The predicted molar refractivity (Wildman–Crippen MR) is 104 cm³/mol. The van der Waals surface area contributed by atoms with Crippen molar-refractivity contribution < 1.29 is 14.3 Å². The Morgan fingerprint density at radius 2 is 2.08 bits per heavy atom. The smallest absolute Gasteiger partial charge is 0.241 e. The van der Waals surface area contributed by atoms with Gasteiger partial charge in [-0.05, 0) is 38.8 Å². The van der Waals surface area contributed by atoms with Crippen molar-refractivity contribution in [3.05, 3.63) is 29.3 Å². The van der Waals surface area contributed by atoms with E-state index in [-0.39, 0.29) is 18.1 Å². The van der Waals surface area contributed by atoms with Gasteiger partial charge in [-0.15, -0.1) is 0 Å². The summed E-state index contributed by atoms with van der Waals surface area (Å²) < 4.78 is 11.7. The largest absolute Gasteiger partial charge is 0.490 e. The molecular weight excluding hydrogens is 328 g/mol. The second kappa shape index (κ2) is 7.97. The molecule has 0 spiro atoms. The number of aryl methyl sites for hydroxylation is 1. The minimum atomic E-state index is -0.907. The molecule has 1 amide bonds. The van der Waals surface area contributed by atoms with Crippen molar-refractivity contribution in [2.24, 2.45) is 11.1 Å². The van der Waals surface area contributed by atoms with Crippen LogP contribution in [0.5, 0.6) is 5.75 Å². The van der Waals surface area contributed by atoms with Gasteiger partial charge in [-0.25, -0.2) is 0 Å². The molecule has 0 aliphatic heterocycles. The van der Waals surface area contributed by atoms with Crippen molar-refractivity contribution >= 4 is 5.91 Å². The molecule has 26 heavy (non-hydrogen) atoms. The predicted octanol–water partition coefficient (Wildman–Crippen LogP) is 3.32. The minimum Gasteiger partial charge on any atom is -0.490 e. The lowest BCUT2D eigenvalue weighted by atomic mass is 9.54. The molecule has 3 unspecified atom stereocenters. The van der Waals surface area contributed by atoms with E-state index >= 15 is 0 Å². The van der Waals surface area contributed by atoms with Crippen LogP contribution in [0.15, 0.2) is 18.2 Å². The average Bonchev–Trinajstić information content (AvgIpc) is 2.60. The van der Waals surface area contributed by atoms with Gasteiger partial charge in [0.2, 0.25) is 5.91 Å². The summed E-state index contributed by atoms with van der Waals surface area (Å²) in [5, 5.41) is 3.01. The average molecular weight is 363 g/mol. The van der Waals surface area contributed by atoms with Crippen molar-refractivity contribution in [1.82, 2.24) is 5.32 Å². The van der Waals surface area contributed by atoms with Crippen LogP contribution in [-0.2, 0) is 16.1 Å². The number of ether oxygens (including phenoxy) is 2. The molecule has 1 aliphatic rings. The fraction of sp³-hybridized carbons (Fsp3) is 0.667. The number of hydrogen-bond donors (Lipinski definition) is 2. The van der Waals surface area contributed by atoms with Crippen molar-refractivity contribution in [2.75, 3.05) is 6.61 Å². The molecule has 3 atom stereocenters. The molecule has 1 aliphatic carbocycles. The maximum Gasteiger partial charge on any atom is 0.241 e. The number of nitrogens with two attached hydrogens (primary N) is 1. The summed E-state index contributed by atoms with van der Waals surface area (Å²) in [7, 11) is 0. The van der Waals surface area contributed by atoms with Gasteiger partial charge in [-0.1, -0.05) is 32.9 Å². The van der Waals surface area contributed by atoms with E-state index in [1.165, 1.54) is 0 Å².